The standard InChI is InChI=1S/C29H36N6O6/c1-17(2)25(30)28(39)34-23(14-20-15-31-16-32-20)27(38)33-22(12-18-6-4-3-5-7-18)26(37)35-24(29(40)41)13-19-8-10-21(36)11-9-19/h3-11,15-17,22-25,36H,12-14,30H2,1-2H3,(H,31,32)(H,33,38)(H,34,39)(H,35,37)(H,40,41)/t22-,23-,24-,25-/m0/s1. The fourth-order valence-electron chi connectivity index (χ4n) is 4.06. The van der Waals surface area contributed by atoms with Crippen LogP contribution in [0.25, 0.3) is 0 Å². The van der Waals surface area contributed by atoms with Gasteiger partial charge in [-0.25, -0.2) is 9.78 Å². The number of H-pyrrole nitrogens is 1. The Labute approximate surface area is 237 Å². The van der Waals surface area contributed by atoms with Gasteiger partial charge in [0.1, 0.15) is 23.9 Å². The molecule has 0 saturated carbocycles. The Hall–Kier alpha value is -4.71. The molecule has 2 aromatic carbocycles. The van der Waals surface area contributed by atoms with Crippen molar-refractivity contribution < 1.29 is 29.4 Å². The molecule has 3 aromatic rings. The minimum absolute atomic E-state index is 0.0288. The second-order valence-electron chi connectivity index (χ2n) is 10.1. The Kier molecular flexibility index (Phi) is 11.0. The summed E-state index contributed by atoms with van der Waals surface area (Å²) in [6.45, 7) is 3.56. The molecule has 0 fully saturated rings. The van der Waals surface area contributed by atoms with Gasteiger partial charge >= 0.3 is 5.97 Å². The molecule has 12 nitrogen and oxygen atoms in total. The SMILES string of the molecule is CC(C)[C@H](N)C(=O)N[C@@H](Cc1c[nH]cn1)C(=O)N[C@@H](Cc1ccccc1)C(=O)N[C@@H](Cc1ccc(O)cc1)C(=O)O. The van der Waals surface area contributed by atoms with E-state index in [-0.39, 0.29) is 30.9 Å². The summed E-state index contributed by atoms with van der Waals surface area (Å²) in [5.74, 6) is -3.30. The van der Waals surface area contributed by atoms with Crippen LogP contribution < -0.4 is 21.7 Å². The van der Waals surface area contributed by atoms with Crippen LogP contribution in [0.2, 0.25) is 0 Å². The summed E-state index contributed by atoms with van der Waals surface area (Å²) in [6, 6.07) is 10.5. The van der Waals surface area contributed by atoms with Crippen LogP contribution in [0.1, 0.15) is 30.7 Å². The monoisotopic (exact) mass is 564 g/mol. The number of aromatic hydroxyl groups is 1. The van der Waals surface area contributed by atoms with Crippen LogP contribution in [-0.2, 0) is 38.4 Å². The van der Waals surface area contributed by atoms with Crippen LogP contribution in [0.3, 0.4) is 0 Å². The van der Waals surface area contributed by atoms with Crippen LogP contribution in [0.4, 0.5) is 0 Å². The number of aromatic nitrogens is 2. The number of phenols is 1. The fourth-order valence-corrected chi connectivity index (χ4v) is 4.06. The van der Waals surface area contributed by atoms with Crippen molar-refractivity contribution in [2.24, 2.45) is 11.7 Å². The highest BCUT2D eigenvalue weighted by atomic mass is 16.4. The third-order valence-electron chi connectivity index (χ3n) is 6.53. The fraction of sp³-hybridized carbons (Fsp3) is 0.345. The van der Waals surface area contributed by atoms with Crippen LogP contribution in [0.5, 0.6) is 5.75 Å². The Balaban J connectivity index is 1.82. The lowest BCUT2D eigenvalue weighted by Gasteiger charge is -2.25. The van der Waals surface area contributed by atoms with Gasteiger partial charge in [0.2, 0.25) is 17.7 Å². The van der Waals surface area contributed by atoms with E-state index < -0.39 is 47.9 Å². The van der Waals surface area contributed by atoms with Gasteiger partial charge in [-0.05, 0) is 29.2 Å². The molecule has 0 unspecified atom stereocenters. The van der Waals surface area contributed by atoms with E-state index in [0.29, 0.717) is 11.3 Å². The molecule has 1 aromatic heterocycles. The summed E-state index contributed by atoms with van der Waals surface area (Å²) >= 11 is 0. The van der Waals surface area contributed by atoms with Crippen molar-refractivity contribution in [1.82, 2.24) is 25.9 Å². The van der Waals surface area contributed by atoms with Gasteiger partial charge in [0.05, 0.1) is 18.1 Å². The van der Waals surface area contributed by atoms with Gasteiger partial charge in [-0.2, -0.15) is 0 Å². The van der Waals surface area contributed by atoms with Gasteiger partial charge < -0.3 is 36.9 Å². The molecular weight excluding hydrogens is 528 g/mol. The number of nitrogens with one attached hydrogen (secondary N) is 4. The van der Waals surface area contributed by atoms with E-state index in [1.165, 1.54) is 18.5 Å². The molecule has 0 saturated heterocycles. The first-order chi connectivity index (χ1) is 19.5. The maximum Gasteiger partial charge on any atom is 0.326 e. The predicted molar refractivity (Wildman–Crippen MR) is 150 cm³/mol. The zero-order chi connectivity index (χ0) is 29.9. The number of aliphatic carboxylic acids is 1. The Morgan fingerprint density at radius 2 is 1.34 bits per heavy atom. The number of imidazole rings is 1. The van der Waals surface area contributed by atoms with E-state index in [0.717, 1.165) is 5.56 Å². The number of nitrogens with zero attached hydrogens (tertiary/aromatic N) is 1. The Bertz CT molecular complexity index is 1300. The quantitative estimate of drug-likeness (QED) is 0.148. The Morgan fingerprint density at radius 1 is 0.805 bits per heavy atom. The zero-order valence-corrected chi connectivity index (χ0v) is 22.9. The van der Waals surface area contributed by atoms with Crippen LogP contribution in [0, 0.1) is 5.92 Å². The number of amides is 3. The molecule has 0 aliphatic heterocycles. The minimum Gasteiger partial charge on any atom is -0.508 e. The number of nitrogens with two attached hydrogens (primary N) is 1. The largest absolute Gasteiger partial charge is 0.508 e. The molecule has 0 bridgehead atoms. The van der Waals surface area contributed by atoms with Crippen molar-refractivity contribution in [3.05, 3.63) is 83.9 Å². The van der Waals surface area contributed by atoms with Crippen LogP contribution in [-0.4, -0.2) is 68.0 Å². The van der Waals surface area contributed by atoms with Gasteiger partial charge in [-0.15, -0.1) is 0 Å². The topological polar surface area (TPSA) is 200 Å². The molecule has 4 atom stereocenters. The van der Waals surface area contributed by atoms with Gasteiger partial charge in [0.15, 0.2) is 0 Å². The number of rotatable bonds is 14. The second kappa shape index (κ2) is 14.6. The van der Waals surface area contributed by atoms with Gasteiger partial charge in [-0.3, -0.25) is 14.4 Å². The minimum atomic E-state index is -1.30. The highest BCUT2D eigenvalue weighted by Crippen LogP contribution is 2.12. The molecule has 41 heavy (non-hydrogen) atoms. The molecular formula is C29H36N6O6. The van der Waals surface area contributed by atoms with E-state index in [1.807, 2.05) is 6.07 Å². The van der Waals surface area contributed by atoms with E-state index in [1.54, 1.807) is 56.4 Å². The average molecular weight is 565 g/mol. The summed E-state index contributed by atoms with van der Waals surface area (Å²) < 4.78 is 0. The summed E-state index contributed by atoms with van der Waals surface area (Å²) in [4.78, 5) is 58.7. The molecule has 0 spiro atoms. The molecule has 1 heterocycles. The van der Waals surface area contributed by atoms with Crippen LogP contribution in [0.15, 0.2) is 67.1 Å². The number of hydrogen-bond donors (Lipinski definition) is 7. The van der Waals surface area contributed by atoms with Gasteiger partial charge in [0, 0.05) is 25.5 Å². The van der Waals surface area contributed by atoms with E-state index in [2.05, 4.69) is 25.9 Å². The lowest BCUT2D eigenvalue weighted by atomic mass is 10.0. The highest BCUT2D eigenvalue weighted by molar-refractivity contribution is 5.94. The number of carbonyl (C=O) groups excluding carboxylic acids is 3. The van der Waals surface area contributed by atoms with Crippen LogP contribution >= 0.6 is 0 Å². The summed E-state index contributed by atoms with van der Waals surface area (Å²) in [5.41, 5.74) is 7.81. The van der Waals surface area contributed by atoms with E-state index >= 15 is 0 Å². The van der Waals surface area contributed by atoms with E-state index in [4.69, 9.17) is 5.73 Å². The average Bonchev–Trinajstić information content (AvgIpc) is 3.46. The summed E-state index contributed by atoms with van der Waals surface area (Å²) in [6.07, 6.45) is 3.09. The lowest BCUT2D eigenvalue weighted by Crippen LogP contribution is -2.58. The van der Waals surface area contributed by atoms with Crippen molar-refractivity contribution >= 4 is 23.7 Å². The van der Waals surface area contributed by atoms with Gasteiger partial charge in [0.25, 0.3) is 0 Å². The first-order valence-corrected chi connectivity index (χ1v) is 13.2. The molecule has 3 rings (SSSR count). The Morgan fingerprint density at radius 3 is 1.90 bits per heavy atom. The highest BCUT2D eigenvalue weighted by Gasteiger charge is 2.31. The third-order valence-corrected chi connectivity index (χ3v) is 6.53. The molecule has 0 aliphatic carbocycles. The third kappa shape index (κ3) is 9.46. The number of aromatic amines is 1. The maximum atomic E-state index is 13.5. The number of carboxylic acid groups (broad SMARTS) is 1. The molecule has 8 N–H and O–H groups in total. The van der Waals surface area contributed by atoms with Crippen molar-refractivity contribution in [1.29, 1.82) is 0 Å². The predicted octanol–water partition coefficient (Wildman–Crippen LogP) is 0.666. The van der Waals surface area contributed by atoms with Crippen molar-refractivity contribution in [3.63, 3.8) is 0 Å². The first kappa shape index (κ1) is 30.8. The summed E-state index contributed by atoms with van der Waals surface area (Å²) in [5, 5.41) is 27.2. The molecule has 12 heteroatoms. The molecule has 218 valence electrons. The molecule has 0 radical (unpaired) electrons. The number of hydrogen-bond acceptors (Lipinski definition) is 7. The molecule has 0 aliphatic rings. The van der Waals surface area contributed by atoms with Crippen molar-refractivity contribution in [2.45, 2.75) is 57.3 Å². The van der Waals surface area contributed by atoms with Crippen molar-refractivity contribution in [2.75, 3.05) is 0 Å². The normalized spacial score (nSPS) is 14.0. The first-order valence-electron chi connectivity index (χ1n) is 13.2. The zero-order valence-electron chi connectivity index (χ0n) is 22.9. The second-order valence-corrected chi connectivity index (χ2v) is 10.1. The van der Waals surface area contributed by atoms with Gasteiger partial charge in [-0.1, -0.05) is 56.3 Å². The number of benzene rings is 2. The smallest absolute Gasteiger partial charge is 0.326 e. The summed E-state index contributed by atoms with van der Waals surface area (Å²) in [7, 11) is 0. The number of carboxylic acids is 1. The lowest BCUT2D eigenvalue weighted by molar-refractivity contribution is -0.142. The van der Waals surface area contributed by atoms with Crippen molar-refractivity contribution in [3.8, 4) is 5.75 Å². The maximum absolute atomic E-state index is 13.5. The molecule has 3 amide bonds. The number of phenolic OH excluding ortho intramolecular Hbond substituents is 1. The van der Waals surface area contributed by atoms with E-state index in [9.17, 15) is 29.4 Å². The number of carbonyl (C=O) groups is 4.